The van der Waals surface area contributed by atoms with Crippen molar-refractivity contribution in [3.05, 3.63) is 88.3 Å². The van der Waals surface area contributed by atoms with E-state index in [0.717, 1.165) is 5.56 Å². The van der Waals surface area contributed by atoms with Gasteiger partial charge < -0.3 is 14.6 Å². The van der Waals surface area contributed by atoms with Gasteiger partial charge in [-0.1, -0.05) is 59.6 Å². The van der Waals surface area contributed by atoms with Crippen LogP contribution in [-0.2, 0) is 13.1 Å². The topological polar surface area (TPSA) is 45.5 Å². The molecule has 0 bridgehead atoms. The number of halogens is 2. The number of para-hydroxylation sites is 1. The van der Waals surface area contributed by atoms with Crippen molar-refractivity contribution in [1.82, 2.24) is 4.90 Å². The number of amides is 2. The molecule has 1 N–H and O–H groups in total. The standard InChI is InChI=1S/C19H16Cl2N2O2/c20-16-9-4-10-17(21)18(16)22-19(24)23(13-15-8-5-11-25-15)12-14-6-2-1-3-7-14/h1-11H,12-13H2,(H,22,24). The summed E-state index contributed by atoms with van der Waals surface area (Å²) in [7, 11) is 0. The molecule has 0 saturated heterocycles. The number of hydrogen-bond acceptors (Lipinski definition) is 2. The number of carbonyl (C=O) groups excluding carboxylic acids is 1. The van der Waals surface area contributed by atoms with E-state index < -0.39 is 0 Å². The lowest BCUT2D eigenvalue weighted by Crippen LogP contribution is -2.34. The number of urea groups is 1. The van der Waals surface area contributed by atoms with Gasteiger partial charge in [0.1, 0.15) is 5.76 Å². The van der Waals surface area contributed by atoms with Crippen LogP contribution in [0.1, 0.15) is 11.3 Å². The van der Waals surface area contributed by atoms with Gasteiger partial charge in [-0.15, -0.1) is 0 Å². The predicted molar refractivity (Wildman–Crippen MR) is 99.9 cm³/mol. The molecule has 2 amide bonds. The Labute approximate surface area is 156 Å². The SMILES string of the molecule is O=C(Nc1c(Cl)cccc1Cl)N(Cc1ccccc1)Cc1ccco1. The number of anilines is 1. The van der Waals surface area contributed by atoms with Crippen LogP contribution in [0, 0.1) is 0 Å². The summed E-state index contributed by atoms with van der Waals surface area (Å²) < 4.78 is 5.38. The lowest BCUT2D eigenvalue weighted by molar-refractivity contribution is 0.201. The fourth-order valence-electron chi connectivity index (χ4n) is 2.40. The Morgan fingerprint density at radius 3 is 2.28 bits per heavy atom. The quantitative estimate of drug-likeness (QED) is 0.611. The molecule has 0 aliphatic carbocycles. The van der Waals surface area contributed by atoms with Gasteiger partial charge in [-0.2, -0.15) is 0 Å². The maximum atomic E-state index is 12.8. The lowest BCUT2D eigenvalue weighted by atomic mass is 10.2. The zero-order valence-corrected chi connectivity index (χ0v) is 14.8. The summed E-state index contributed by atoms with van der Waals surface area (Å²) in [6, 6.07) is 18.1. The normalized spacial score (nSPS) is 10.5. The summed E-state index contributed by atoms with van der Waals surface area (Å²) in [4.78, 5) is 14.4. The van der Waals surface area contributed by atoms with Gasteiger partial charge in [-0.25, -0.2) is 4.79 Å². The molecule has 0 spiro atoms. The van der Waals surface area contributed by atoms with E-state index >= 15 is 0 Å². The second kappa shape index (κ2) is 8.10. The number of nitrogens with one attached hydrogen (secondary N) is 1. The zero-order chi connectivity index (χ0) is 17.6. The fraction of sp³-hybridized carbons (Fsp3) is 0.105. The first-order chi connectivity index (χ1) is 12.1. The Hall–Kier alpha value is -2.43. The molecule has 25 heavy (non-hydrogen) atoms. The molecule has 0 fully saturated rings. The lowest BCUT2D eigenvalue weighted by Gasteiger charge is -2.23. The average molecular weight is 375 g/mol. The third kappa shape index (κ3) is 4.56. The van der Waals surface area contributed by atoms with Crippen LogP contribution in [-0.4, -0.2) is 10.9 Å². The van der Waals surface area contributed by atoms with Crippen LogP contribution in [0.25, 0.3) is 0 Å². The summed E-state index contributed by atoms with van der Waals surface area (Å²) in [6.45, 7) is 0.755. The van der Waals surface area contributed by atoms with Crippen LogP contribution in [0.4, 0.5) is 10.5 Å². The summed E-state index contributed by atoms with van der Waals surface area (Å²) >= 11 is 12.3. The molecular weight excluding hydrogens is 359 g/mol. The molecule has 3 rings (SSSR count). The number of nitrogens with zero attached hydrogens (tertiary/aromatic N) is 1. The van der Waals surface area contributed by atoms with Crippen molar-refractivity contribution < 1.29 is 9.21 Å². The monoisotopic (exact) mass is 374 g/mol. The van der Waals surface area contributed by atoms with Gasteiger partial charge in [0.25, 0.3) is 0 Å². The highest BCUT2D eigenvalue weighted by molar-refractivity contribution is 6.39. The highest BCUT2D eigenvalue weighted by atomic mass is 35.5. The molecule has 0 aliphatic rings. The van der Waals surface area contributed by atoms with Crippen LogP contribution in [0.3, 0.4) is 0 Å². The van der Waals surface area contributed by atoms with Crippen LogP contribution in [0.5, 0.6) is 0 Å². The summed E-state index contributed by atoms with van der Waals surface area (Å²) in [5.41, 5.74) is 1.41. The number of carbonyl (C=O) groups is 1. The van der Waals surface area contributed by atoms with Gasteiger partial charge >= 0.3 is 6.03 Å². The van der Waals surface area contributed by atoms with Crippen molar-refractivity contribution in [2.75, 3.05) is 5.32 Å². The van der Waals surface area contributed by atoms with E-state index in [1.807, 2.05) is 36.4 Å². The van der Waals surface area contributed by atoms with Gasteiger partial charge in [-0.05, 0) is 29.8 Å². The maximum absolute atomic E-state index is 12.8. The van der Waals surface area contributed by atoms with Gasteiger partial charge in [0.05, 0.1) is 28.5 Å². The van der Waals surface area contributed by atoms with E-state index in [0.29, 0.717) is 34.6 Å². The highest BCUT2D eigenvalue weighted by Crippen LogP contribution is 2.30. The molecule has 4 nitrogen and oxygen atoms in total. The van der Waals surface area contributed by atoms with Gasteiger partial charge in [-0.3, -0.25) is 0 Å². The average Bonchev–Trinajstić information content (AvgIpc) is 3.11. The molecule has 0 unspecified atom stereocenters. The number of rotatable bonds is 5. The van der Waals surface area contributed by atoms with Gasteiger partial charge in [0.2, 0.25) is 0 Å². The van der Waals surface area contributed by atoms with Crippen LogP contribution < -0.4 is 5.32 Å². The molecule has 3 aromatic rings. The molecule has 0 aliphatic heterocycles. The molecule has 6 heteroatoms. The first-order valence-electron chi connectivity index (χ1n) is 7.70. The Kier molecular flexibility index (Phi) is 5.64. The first kappa shape index (κ1) is 17.4. The minimum absolute atomic E-state index is 0.310. The van der Waals surface area contributed by atoms with Crippen LogP contribution >= 0.6 is 23.2 Å². The maximum Gasteiger partial charge on any atom is 0.322 e. The van der Waals surface area contributed by atoms with Crippen LogP contribution in [0.2, 0.25) is 10.0 Å². The van der Waals surface area contributed by atoms with E-state index in [4.69, 9.17) is 27.6 Å². The number of furan rings is 1. The predicted octanol–water partition coefficient (Wildman–Crippen LogP) is 5.82. The summed E-state index contributed by atoms with van der Waals surface area (Å²) in [6.07, 6.45) is 1.58. The number of benzene rings is 2. The Bertz CT molecular complexity index is 816. The second-order valence-electron chi connectivity index (χ2n) is 5.45. The first-order valence-corrected chi connectivity index (χ1v) is 8.45. The molecule has 128 valence electrons. The van der Waals surface area contributed by atoms with E-state index in [1.54, 1.807) is 35.4 Å². The van der Waals surface area contributed by atoms with E-state index in [9.17, 15) is 4.79 Å². The van der Waals surface area contributed by atoms with Crippen molar-refractivity contribution in [2.24, 2.45) is 0 Å². The van der Waals surface area contributed by atoms with E-state index in [-0.39, 0.29) is 6.03 Å². The summed E-state index contributed by atoms with van der Waals surface area (Å²) in [5, 5.41) is 3.57. The van der Waals surface area contributed by atoms with E-state index in [2.05, 4.69) is 5.32 Å². The molecular formula is C19H16Cl2N2O2. The smallest absolute Gasteiger partial charge is 0.322 e. The second-order valence-corrected chi connectivity index (χ2v) is 6.26. The Morgan fingerprint density at radius 2 is 1.64 bits per heavy atom. The Balaban J connectivity index is 1.81. The minimum atomic E-state index is -0.310. The molecule has 2 aromatic carbocycles. The zero-order valence-electron chi connectivity index (χ0n) is 13.3. The van der Waals surface area contributed by atoms with Crippen molar-refractivity contribution in [2.45, 2.75) is 13.1 Å². The third-order valence-corrected chi connectivity index (χ3v) is 4.25. The van der Waals surface area contributed by atoms with Gasteiger partial charge in [0, 0.05) is 6.54 Å². The molecule has 1 heterocycles. The third-order valence-electron chi connectivity index (χ3n) is 3.62. The van der Waals surface area contributed by atoms with Crippen molar-refractivity contribution >= 4 is 34.9 Å². The van der Waals surface area contributed by atoms with Crippen molar-refractivity contribution in [3.63, 3.8) is 0 Å². The largest absolute Gasteiger partial charge is 0.467 e. The molecule has 0 saturated carbocycles. The fourth-order valence-corrected chi connectivity index (χ4v) is 2.89. The molecule has 0 radical (unpaired) electrons. The Morgan fingerprint density at radius 1 is 0.920 bits per heavy atom. The van der Waals surface area contributed by atoms with Crippen molar-refractivity contribution in [1.29, 1.82) is 0 Å². The van der Waals surface area contributed by atoms with Crippen molar-refractivity contribution in [3.8, 4) is 0 Å². The molecule has 0 atom stereocenters. The molecule has 1 aromatic heterocycles. The van der Waals surface area contributed by atoms with Gasteiger partial charge in [0.15, 0.2) is 0 Å². The summed E-state index contributed by atoms with van der Waals surface area (Å²) in [5.74, 6) is 0.691. The highest BCUT2D eigenvalue weighted by Gasteiger charge is 2.18. The van der Waals surface area contributed by atoms with E-state index in [1.165, 1.54) is 0 Å². The van der Waals surface area contributed by atoms with Crippen LogP contribution in [0.15, 0.2) is 71.3 Å². The number of hydrogen-bond donors (Lipinski definition) is 1. The minimum Gasteiger partial charge on any atom is -0.467 e.